The van der Waals surface area contributed by atoms with Gasteiger partial charge in [0, 0.05) is 53.5 Å². The van der Waals surface area contributed by atoms with Crippen molar-refractivity contribution < 1.29 is 49.9 Å². The normalized spacial score (nSPS) is 11.1. The maximum Gasteiger partial charge on any atom is 0.0701 e. The van der Waals surface area contributed by atoms with Crippen molar-refractivity contribution in [2.75, 3.05) is 85.8 Å². The summed E-state index contributed by atoms with van der Waals surface area (Å²) in [7, 11) is 0. The van der Waals surface area contributed by atoms with Crippen molar-refractivity contribution in [3.05, 3.63) is 17.9 Å². The molecule has 0 rings (SSSR count). The molecule has 0 aliphatic rings. The first kappa shape index (κ1) is 35.7. The van der Waals surface area contributed by atoms with Crippen molar-refractivity contribution in [2.24, 2.45) is 5.92 Å². The number of nitrogens with one attached hydrogen (secondary N) is 2. The number of allylic oxidation sites excluding steroid dienone is 1. The largest absolute Gasteiger partial charge is 0.676 e. The summed E-state index contributed by atoms with van der Waals surface area (Å²) in [4.78, 5) is 0. The molecule has 0 saturated heterocycles. The topological polar surface area (TPSA) is 102 Å². The minimum absolute atomic E-state index is 0. The summed E-state index contributed by atoms with van der Waals surface area (Å²) in [6.07, 6.45) is 4.60. The molecule has 0 saturated carbocycles. The third-order valence-electron chi connectivity index (χ3n) is 3.37. The summed E-state index contributed by atoms with van der Waals surface area (Å²) in [5, 5.41) is 11.5. The zero-order chi connectivity index (χ0) is 22.7. The van der Waals surface area contributed by atoms with Gasteiger partial charge in [0.2, 0.25) is 0 Å². The maximum absolute atomic E-state index is 8.23. The van der Waals surface area contributed by atoms with Crippen molar-refractivity contribution in [1.82, 2.24) is 5.32 Å². The SMILES string of the molecule is CC(C)/C=C/CO.CC(C)NCCOCCOCCCOCCOCCOCC[NH-].[W]. The standard InChI is InChI=1S/C16H35N2O5.C6H12O.W/c1-16(2)18-5-9-22-13-10-19-6-3-7-20-11-14-23-15-12-21-8-4-17;1-6(2)4-3-5-7;/h16-18H,3-15H2,1-2H3;3-4,6-7H,5H2,1-2H3;/q-1;;/b;4-3+;. The van der Waals surface area contributed by atoms with Crippen molar-refractivity contribution in [2.45, 2.75) is 40.2 Å². The number of rotatable bonds is 21. The Kier molecular flexibility index (Phi) is 37.2. The van der Waals surface area contributed by atoms with Crippen molar-refractivity contribution >= 4 is 0 Å². The first-order valence-electron chi connectivity index (χ1n) is 11.1. The van der Waals surface area contributed by atoms with Crippen LogP contribution in [0.4, 0.5) is 0 Å². The molecule has 0 atom stereocenters. The van der Waals surface area contributed by atoms with Crippen LogP contribution in [-0.2, 0) is 44.7 Å². The first-order chi connectivity index (χ1) is 14.5. The summed E-state index contributed by atoms with van der Waals surface area (Å²) in [6, 6.07) is 0.502. The molecule has 0 bridgehead atoms. The molecule has 0 amide bonds. The van der Waals surface area contributed by atoms with Gasteiger partial charge in [-0.25, -0.2) is 0 Å². The third kappa shape index (κ3) is 40.9. The van der Waals surface area contributed by atoms with Crippen LogP contribution < -0.4 is 5.32 Å². The molecular weight excluding hydrogens is 572 g/mol. The molecule has 188 valence electrons. The van der Waals surface area contributed by atoms with Crippen molar-refractivity contribution in [3.8, 4) is 0 Å². The van der Waals surface area contributed by atoms with E-state index in [1.54, 1.807) is 6.08 Å². The molecule has 0 spiro atoms. The van der Waals surface area contributed by atoms with Crippen molar-refractivity contribution in [1.29, 1.82) is 0 Å². The van der Waals surface area contributed by atoms with E-state index in [1.807, 2.05) is 6.08 Å². The number of aliphatic hydroxyl groups is 1. The monoisotopic (exact) mass is 619 g/mol. The van der Waals surface area contributed by atoms with E-state index in [0.29, 0.717) is 78.0 Å². The van der Waals surface area contributed by atoms with Crippen molar-refractivity contribution in [3.63, 3.8) is 0 Å². The van der Waals surface area contributed by atoms with Crippen LogP contribution in [0.2, 0.25) is 0 Å². The van der Waals surface area contributed by atoms with Gasteiger partial charge in [-0.15, -0.1) is 6.54 Å². The van der Waals surface area contributed by atoms with E-state index in [9.17, 15) is 0 Å². The second-order valence-electron chi connectivity index (χ2n) is 7.13. The van der Waals surface area contributed by atoms with Gasteiger partial charge in [0.1, 0.15) is 0 Å². The zero-order valence-electron chi connectivity index (χ0n) is 20.1. The Balaban J connectivity index is -0.000000840. The van der Waals surface area contributed by atoms with E-state index in [4.69, 9.17) is 34.5 Å². The molecule has 0 aliphatic carbocycles. The van der Waals surface area contributed by atoms with Gasteiger partial charge in [-0.2, -0.15) is 0 Å². The summed E-state index contributed by atoms with van der Waals surface area (Å²) >= 11 is 0. The van der Waals surface area contributed by atoms with E-state index in [0.717, 1.165) is 19.6 Å². The first-order valence-corrected chi connectivity index (χ1v) is 11.1. The fraction of sp³-hybridized carbons (Fsp3) is 0.909. The molecule has 9 heteroatoms. The minimum atomic E-state index is 0. The molecule has 3 N–H and O–H groups in total. The second-order valence-corrected chi connectivity index (χ2v) is 7.13. The van der Waals surface area contributed by atoms with Gasteiger partial charge in [-0.1, -0.05) is 39.8 Å². The molecule has 0 heterocycles. The van der Waals surface area contributed by atoms with Crippen LogP contribution in [0.25, 0.3) is 5.73 Å². The Hall–Kier alpha value is 0.108. The van der Waals surface area contributed by atoms with E-state index < -0.39 is 0 Å². The average Bonchev–Trinajstić information content (AvgIpc) is 2.71. The number of hydrogen-bond acceptors (Lipinski definition) is 7. The average molecular weight is 619 g/mol. The van der Waals surface area contributed by atoms with Crippen LogP contribution in [0.1, 0.15) is 34.1 Å². The number of ether oxygens (including phenoxy) is 5. The zero-order valence-corrected chi connectivity index (χ0v) is 23.0. The summed E-state index contributed by atoms with van der Waals surface area (Å²) in [5.74, 6) is 0.562. The predicted octanol–water partition coefficient (Wildman–Crippen LogP) is 2.70. The van der Waals surface area contributed by atoms with E-state index >= 15 is 0 Å². The fourth-order valence-electron chi connectivity index (χ4n) is 1.95. The van der Waals surface area contributed by atoms with E-state index in [1.165, 1.54) is 0 Å². The minimum Gasteiger partial charge on any atom is -0.676 e. The molecule has 8 nitrogen and oxygen atoms in total. The smallest absolute Gasteiger partial charge is 0.0701 e. The van der Waals surface area contributed by atoms with Gasteiger partial charge >= 0.3 is 0 Å². The van der Waals surface area contributed by atoms with Gasteiger partial charge in [0.05, 0.1) is 52.9 Å². The molecule has 0 aromatic heterocycles. The van der Waals surface area contributed by atoms with Gasteiger partial charge in [-0.05, 0) is 12.3 Å². The van der Waals surface area contributed by atoms with Crippen LogP contribution in [0.5, 0.6) is 0 Å². The summed E-state index contributed by atoms with van der Waals surface area (Å²) in [5.41, 5.74) is 6.90. The van der Waals surface area contributed by atoms with E-state index in [2.05, 4.69) is 33.0 Å². The van der Waals surface area contributed by atoms with Gasteiger partial charge < -0.3 is 39.8 Å². The molecule has 0 unspecified atom stereocenters. The Labute approximate surface area is 204 Å². The predicted molar refractivity (Wildman–Crippen MR) is 122 cm³/mol. The third-order valence-corrected chi connectivity index (χ3v) is 3.37. The van der Waals surface area contributed by atoms with Crippen LogP contribution in [0.15, 0.2) is 12.2 Å². The van der Waals surface area contributed by atoms with Crippen LogP contribution in [-0.4, -0.2) is 96.9 Å². The molecule has 31 heavy (non-hydrogen) atoms. The Bertz CT molecular complexity index is 337. The fourth-order valence-corrected chi connectivity index (χ4v) is 1.95. The van der Waals surface area contributed by atoms with E-state index in [-0.39, 0.29) is 27.7 Å². The molecule has 0 radical (unpaired) electrons. The van der Waals surface area contributed by atoms with Crippen LogP contribution in [0, 0.1) is 5.92 Å². The van der Waals surface area contributed by atoms with Crippen LogP contribution in [0.3, 0.4) is 0 Å². The van der Waals surface area contributed by atoms with Gasteiger partial charge in [-0.3, -0.25) is 0 Å². The second kappa shape index (κ2) is 32.3. The molecule has 0 aliphatic heterocycles. The Morgan fingerprint density at radius 3 is 1.58 bits per heavy atom. The summed E-state index contributed by atoms with van der Waals surface area (Å²) in [6.45, 7) is 15.8. The Morgan fingerprint density at radius 2 is 1.19 bits per heavy atom. The molecule has 0 fully saturated rings. The molecular formula is C22H47N2O6W-. The van der Waals surface area contributed by atoms with Crippen LogP contribution >= 0.6 is 0 Å². The van der Waals surface area contributed by atoms with Gasteiger partial charge in [0.25, 0.3) is 0 Å². The Morgan fingerprint density at radius 1 is 0.742 bits per heavy atom. The maximum atomic E-state index is 8.23. The van der Waals surface area contributed by atoms with Gasteiger partial charge in [0.15, 0.2) is 0 Å². The number of aliphatic hydroxyl groups excluding tert-OH is 1. The molecule has 0 aromatic carbocycles. The number of hydrogen-bond donors (Lipinski definition) is 2. The molecule has 0 aromatic rings. The summed E-state index contributed by atoms with van der Waals surface area (Å²) < 4.78 is 26.8. The quantitative estimate of drug-likeness (QED) is 0.151.